The Balaban J connectivity index is 1.76. The van der Waals surface area contributed by atoms with E-state index >= 15 is 0 Å². The van der Waals surface area contributed by atoms with Crippen LogP contribution in [0.15, 0.2) is 0 Å². The Hall–Kier alpha value is -1.02. The number of urea groups is 1. The lowest BCUT2D eigenvalue weighted by Gasteiger charge is -2.39. The highest BCUT2D eigenvalue weighted by Gasteiger charge is 2.54. The van der Waals surface area contributed by atoms with E-state index in [1.54, 1.807) is 0 Å². The fraction of sp³-hybridized carbons (Fsp3) is 0.917. The van der Waals surface area contributed by atoms with Gasteiger partial charge in [0.1, 0.15) is 0 Å². The molecule has 2 aliphatic rings. The molecule has 5 nitrogen and oxygen atoms in total. The van der Waals surface area contributed by atoms with Gasteiger partial charge < -0.3 is 20.1 Å². The van der Waals surface area contributed by atoms with Crippen LogP contribution >= 0.6 is 0 Å². The molecule has 0 spiro atoms. The molecule has 0 saturated carbocycles. The van der Waals surface area contributed by atoms with Crippen LogP contribution in [-0.4, -0.2) is 60.2 Å². The van der Waals surface area contributed by atoms with Crippen LogP contribution in [0.3, 0.4) is 0 Å². The first-order valence-corrected chi connectivity index (χ1v) is 6.75. The number of alkyl halides is 3. The summed E-state index contributed by atoms with van der Waals surface area (Å²) in [5, 5.41) is 12.2. The van der Waals surface area contributed by atoms with E-state index in [1.165, 1.54) is 4.90 Å². The third kappa shape index (κ3) is 3.35. The lowest BCUT2D eigenvalue weighted by molar-refractivity contribution is -0.271. The third-order valence-electron chi connectivity index (χ3n) is 3.91. The Labute approximate surface area is 115 Å². The molecule has 0 aromatic carbocycles. The van der Waals surface area contributed by atoms with Crippen molar-refractivity contribution in [2.24, 2.45) is 0 Å². The van der Waals surface area contributed by atoms with Crippen LogP contribution in [0.1, 0.15) is 25.7 Å². The zero-order chi connectivity index (χ0) is 14.8. The Morgan fingerprint density at radius 2 is 2.05 bits per heavy atom. The average molecular weight is 296 g/mol. The summed E-state index contributed by atoms with van der Waals surface area (Å²) in [6, 6.07) is -0.398. The first-order chi connectivity index (χ1) is 9.32. The first-order valence-electron chi connectivity index (χ1n) is 6.75. The van der Waals surface area contributed by atoms with Gasteiger partial charge in [0.25, 0.3) is 0 Å². The molecular weight excluding hydrogens is 277 g/mol. The van der Waals surface area contributed by atoms with Gasteiger partial charge in [0, 0.05) is 39.1 Å². The van der Waals surface area contributed by atoms with Gasteiger partial charge >= 0.3 is 12.2 Å². The number of ether oxygens (including phenoxy) is 1. The summed E-state index contributed by atoms with van der Waals surface area (Å²) >= 11 is 0. The summed E-state index contributed by atoms with van der Waals surface area (Å²) < 4.78 is 43.2. The number of nitrogens with one attached hydrogen (secondary N) is 1. The van der Waals surface area contributed by atoms with Crippen LogP contribution in [0.5, 0.6) is 0 Å². The summed E-state index contributed by atoms with van der Waals surface area (Å²) in [5.74, 6) is 0. The van der Waals surface area contributed by atoms with Gasteiger partial charge in [-0.2, -0.15) is 13.2 Å². The molecular formula is C12H19F3N2O3. The van der Waals surface area contributed by atoms with Crippen molar-refractivity contribution >= 4 is 6.03 Å². The second kappa shape index (κ2) is 5.77. The second-order valence-corrected chi connectivity index (χ2v) is 5.34. The fourth-order valence-electron chi connectivity index (χ4n) is 2.48. The van der Waals surface area contributed by atoms with Crippen molar-refractivity contribution in [3.63, 3.8) is 0 Å². The lowest BCUT2D eigenvalue weighted by Crippen LogP contribution is -2.56. The first kappa shape index (κ1) is 15.4. The third-order valence-corrected chi connectivity index (χ3v) is 3.91. The maximum atomic E-state index is 12.6. The Morgan fingerprint density at radius 3 is 2.55 bits per heavy atom. The van der Waals surface area contributed by atoms with E-state index in [2.05, 4.69) is 5.32 Å². The van der Waals surface area contributed by atoms with Crippen LogP contribution < -0.4 is 5.32 Å². The highest BCUT2D eigenvalue weighted by atomic mass is 19.4. The molecule has 8 heteroatoms. The van der Waals surface area contributed by atoms with Crippen molar-refractivity contribution in [3.8, 4) is 0 Å². The number of halogens is 3. The fourth-order valence-corrected chi connectivity index (χ4v) is 2.48. The molecule has 116 valence electrons. The number of hydrogen-bond acceptors (Lipinski definition) is 3. The molecule has 0 bridgehead atoms. The summed E-state index contributed by atoms with van der Waals surface area (Å²) in [7, 11) is 0. The summed E-state index contributed by atoms with van der Waals surface area (Å²) in [6.45, 7) is 0.850. The van der Waals surface area contributed by atoms with Gasteiger partial charge in [0.15, 0.2) is 5.60 Å². The van der Waals surface area contributed by atoms with Crippen LogP contribution in [0.25, 0.3) is 0 Å². The molecule has 2 aliphatic heterocycles. The van der Waals surface area contributed by atoms with E-state index in [0.717, 1.165) is 12.8 Å². The summed E-state index contributed by atoms with van der Waals surface area (Å²) in [4.78, 5) is 13.1. The van der Waals surface area contributed by atoms with Crippen LogP contribution in [-0.2, 0) is 4.74 Å². The zero-order valence-electron chi connectivity index (χ0n) is 11.1. The molecule has 2 rings (SSSR count). The number of hydrogen-bond donors (Lipinski definition) is 2. The monoisotopic (exact) mass is 296 g/mol. The number of amides is 2. The number of nitrogens with zero attached hydrogens (tertiary/aromatic N) is 1. The van der Waals surface area contributed by atoms with Crippen molar-refractivity contribution in [2.45, 2.75) is 43.6 Å². The molecule has 2 fully saturated rings. The molecule has 20 heavy (non-hydrogen) atoms. The predicted molar refractivity (Wildman–Crippen MR) is 64.2 cm³/mol. The van der Waals surface area contributed by atoms with E-state index < -0.39 is 30.7 Å². The number of rotatable bonds is 2. The Morgan fingerprint density at radius 1 is 1.40 bits per heavy atom. The quantitative estimate of drug-likeness (QED) is 0.806. The minimum absolute atomic E-state index is 0.00384. The highest BCUT2D eigenvalue weighted by molar-refractivity contribution is 5.74. The molecule has 2 saturated heterocycles. The van der Waals surface area contributed by atoms with E-state index in [9.17, 15) is 23.1 Å². The van der Waals surface area contributed by atoms with E-state index in [0.29, 0.717) is 13.2 Å². The second-order valence-electron chi connectivity index (χ2n) is 5.34. The number of carbonyl (C=O) groups excluding carboxylic acids is 1. The number of aliphatic hydroxyl groups is 1. The van der Waals surface area contributed by atoms with Gasteiger partial charge in [-0.05, 0) is 12.8 Å². The van der Waals surface area contributed by atoms with Gasteiger partial charge in [-0.1, -0.05) is 0 Å². The lowest BCUT2D eigenvalue weighted by atomic mass is 9.91. The number of piperidine rings is 1. The molecule has 2 heterocycles. The smallest absolute Gasteiger partial charge is 0.380 e. The predicted octanol–water partition coefficient (Wildman–Crippen LogP) is 1.26. The molecule has 0 aliphatic carbocycles. The molecule has 1 unspecified atom stereocenters. The normalized spacial score (nSPS) is 26.6. The SMILES string of the molecule is O=C(NCC1CCCO1)N1CCC(O)(C(F)(F)F)CC1. The molecule has 0 aromatic heterocycles. The van der Waals surface area contributed by atoms with Gasteiger partial charge in [0.05, 0.1) is 6.10 Å². The van der Waals surface area contributed by atoms with Gasteiger partial charge in [-0.25, -0.2) is 4.79 Å². The standard InChI is InChI=1S/C12H19F3N2O3/c13-12(14,15)11(19)3-5-17(6-4-11)10(18)16-8-9-2-1-7-20-9/h9,19H,1-8H2,(H,16,18). The van der Waals surface area contributed by atoms with Gasteiger partial charge in [0.2, 0.25) is 0 Å². The molecule has 2 N–H and O–H groups in total. The number of carbonyl (C=O) groups is 1. The van der Waals surface area contributed by atoms with Crippen LogP contribution in [0, 0.1) is 0 Å². The van der Waals surface area contributed by atoms with E-state index in [4.69, 9.17) is 4.74 Å². The maximum Gasteiger partial charge on any atom is 0.417 e. The minimum Gasteiger partial charge on any atom is -0.380 e. The molecule has 1 atom stereocenters. The van der Waals surface area contributed by atoms with Crippen molar-refractivity contribution in [3.05, 3.63) is 0 Å². The van der Waals surface area contributed by atoms with E-state index in [-0.39, 0.29) is 19.2 Å². The van der Waals surface area contributed by atoms with Crippen LogP contribution in [0.4, 0.5) is 18.0 Å². The maximum absolute atomic E-state index is 12.6. The van der Waals surface area contributed by atoms with E-state index in [1.807, 2.05) is 0 Å². The average Bonchev–Trinajstić information content (AvgIpc) is 2.88. The molecule has 0 aromatic rings. The zero-order valence-corrected chi connectivity index (χ0v) is 11.1. The Kier molecular flexibility index (Phi) is 4.43. The number of likely N-dealkylation sites (tertiary alicyclic amines) is 1. The topological polar surface area (TPSA) is 61.8 Å². The highest BCUT2D eigenvalue weighted by Crippen LogP contribution is 2.38. The summed E-state index contributed by atoms with van der Waals surface area (Å²) in [5.41, 5.74) is -2.67. The summed E-state index contributed by atoms with van der Waals surface area (Å²) in [6.07, 6.45) is -3.77. The molecule has 0 radical (unpaired) electrons. The van der Waals surface area contributed by atoms with Gasteiger partial charge in [-0.3, -0.25) is 0 Å². The molecule has 2 amide bonds. The van der Waals surface area contributed by atoms with Crippen molar-refractivity contribution in [1.29, 1.82) is 0 Å². The van der Waals surface area contributed by atoms with Gasteiger partial charge in [-0.15, -0.1) is 0 Å². The largest absolute Gasteiger partial charge is 0.417 e. The van der Waals surface area contributed by atoms with Crippen molar-refractivity contribution in [1.82, 2.24) is 10.2 Å². The van der Waals surface area contributed by atoms with Crippen molar-refractivity contribution in [2.75, 3.05) is 26.2 Å². The van der Waals surface area contributed by atoms with Crippen LogP contribution in [0.2, 0.25) is 0 Å². The Bertz CT molecular complexity index is 348. The van der Waals surface area contributed by atoms with Crippen molar-refractivity contribution < 1.29 is 27.8 Å². The minimum atomic E-state index is -4.65.